The van der Waals surface area contributed by atoms with Crippen LogP contribution in [-0.2, 0) is 16.4 Å². The Balaban J connectivity index is 2.17. The second-order valence-corrected chi connectivity index (χ2v) is 7.55. The van der Waals surface area contributed by atoms with Gasteiger partial charge in [-0.1, -0.05) is 29.8 Å². The van der Waals surface area contributed by atoms with E-state index in [2.05, 4.69) is 0 Å². The van der Waals surface area contributed by atoms with Gasteiger partial charge < -0.3 is 0 Å². The van der Waals surface area contributed by atoms with Crippen molar-refractivity contribution in [3.8, 4) is 0 Å². The molecule has 0 N–H and O–H groups in total. The van der Waals surface area contributed by atoms with Crippen molar-refractivity contribution >= 4 is 33.0 Å². The van der Waals surface area contributed by atoms with Crippen LogP contribution in [0.25, 0.3) is 0 Å². The molecular formula is C15H13ClN2O4S. The Labute approximate surface area is 138 Å². The van der Waals surface area contributed by atoms with Crippen LogP contribution in [0.1, 0.15) is 12.5 Å². The summed E-state index contributed by atoms with van der Waals surface area (Å²) >= 11 is 6.01. The lowest BCUT2D eigenvalue weighted by molar-refractivity contribution is -0.385. The maximum atomic E-state index is 13.0. The van der Waals surface area contributed by atoms with Gasteiger partial charge in [-0.15, -0.1) is 0 Å². The van der Waals surface area contributed by atoms with Crippen LogP contribution in [-0.4, -0.2) is 19.4 Å². The Kier molecular flexibility index (Phi) is 3.77. The number of anilines is 1. The van der Waals surface area contributed by atoms with Gasteiger partial charge in [0.1, 0.15) is 4.90 Å². The lowest BCUT2D eigenvalue weighted by atomic mass is 10.1. The zero-order valence-electron chi connectivity index (χ0n) is 12.1. The standard InChI is InChI=1S/C15H13ClN2O4S/c1-10-8-11-4-2-3-5-14(11)17(10)23(21,22)15-9-12(18(19)20)6-7-13(15)16/h2-7,9-10H,8H2,1H3/t10-/m1/s1. The van der Waals surface area contributed by atoms with E-state index < -0.39 is 14.9 Å². The van der Waals surface area contributed by atoms with Crippen molar-refractivity contribution < 1.29 is 13.3 Å². The van der Waals surface area contributed by atoms with Crippen LogP contribution in [0.15, 0.2) is 47.4 Å². The summed E-state index contributed by atoms with van der Waals surface area (Å²) in [6.07, 6.45) is 0.585. The van der Waals surface area contributed by atoms with E-state index in [0.717, 1.165) is 11.6 Å². The Morgan fingerprint density at radius 1 is 1.26 bits per heavy atom. The predicted molar refractivity (Wildman–Crippen MR) is 87.4 cm³/mol. The Morgan fingerprint density at radius 2 is 1.96 bits per heavy atom. The normalized spacial score (nSPS) is 17.1. The van der Waals surface area contributed by atoms with Crippen molar-refractivity contribution in [3.63, 3.8) is 0 Å². The van der Waals surface area contributed by atoms with Crippen LogP contribution in [0.3, 0.4) is 0 Å². The number of nitrogens with zero attached hydrogens (tertiary/aromatic N) is 2. The van der Waals surface area contributed by atoms with Crippen molar-refractivity contribution in [3.05, 3.63) is 63.2 Å². The molecule has 23 heavy (non-hydrogen) atoms. The number of sulfonamides is 1. The van der Waals surface area contributed by atoms with Gasteiger partial charge in [0.25, 0.3) is 15.7 Å². The van der Waals surface area contributed by atoms with E-state index in [1.165, 1.54) is 16.4 Å². The number of fused-ring (bicyclic) bond motifs is 1. The molecule has 1 heterocycles. The lowest BCUT2D eigenvalue weighted by Crippen LogP contribution is -2.35. The number of para-hydroxylation sites is 1. The summed E-state index contributed by atoms with van der Waals surface area (Å²) in [5.74, 6) is 0. The second-order valence-electron chi connectivity index (χ2n) is 5.35. The van der Waals surface area contributed by atoms with E-state index in [-0.39, 0.29) is 21.6 Å². The van der Waals surface area contributed by atoms with Gasteiger partial charge in [-0.3, -0.25) is 14.4 Å². The largest absolute Gasteiger partial charge is 0.270 e. The molecule has 0 saturated heterocycles. The molecule has 8 heteroatoms. The zero-order valence-corrected chi connectivity index (χ0v) is 13.7. The lowest BCUT2D eigenvalue weighted by Gasteiger charge is -2.24. The van der Waals surface area contributed by atoms with Crippen molar-refractivity contribution in [2.45, 2.75) is 24.3 Å². The summed E-state index contributed by atoms with van der Waals surface area (Å²) in [5.41, 5.74) is 1.20. The van der Waals surface area contributed by atoms with Crippen LogP contribution < -0.4 is 4.31 Å². The minimum absolute atomic E-state index is 0.0350. The molecule has 6 nitrogen and oxygen atoms in total. The molecule has 120 valence electrons. The Morgan fingerprint density at radius 3 is 2.65 bits per heavy atom. The molecule has 1 aliphatic heterocycles. The van der Waals surface area contributed by atoms with Gasteiger partial charge >= 0.3 is 0 Å². The number of halogens is 1. The SMILES string of the molecule is C[C@@H]1Cc2ccccc2N1S(=O)(=O)c1cc([N+](=O)[O-])ccc1Cl. The molecule has 3 rings (SSSR count). The molecule has 0 bridgehead atoms. The highest BCUT2D eigenvalue weighted by Gasteiger charge is 2.37. The topological polar surface area (TPSA) is 80.5 Å². The highest BCUT2D eigenvalue weighted by atomic mass is 35.5. The van der Waals surface area contributed by atoms with E-state index >= 15 is 0 Å². The molecule has 0 aliphatic carbocycles. The number of nitro benzene ring substituents is 1. The van der Waals surface area contributed by atoms with Crippen molar-refractivity contribution in [2.75, 3.05) is 4.31 Å². The summed E-state index contributed by atoms with van der Waals surface area (Å²) in [5, 5.41) is 10.9. The fourth-order valence-electron chi connectivity index (χ4n) is 2.81. The molecule has 0 fully saturated rings. The van der Waals surface area contributed by atoms with Gasteiger partial charge in [-0.05, 0) is 31.0 Å². The average molecular weight is 353 g/mol. The quantitative estimate of drug-likeness (QED) is 0.626. The Hall–Kier alpha value is -2.12. The monoisotopic (exact) mass is 352 g/mol. The third kappa shape index (κ3) is 2.55. The van der Waals surface area contributed by atoms with Crippen LogP contribution in [0.2, 0.25) is 5.02 Å². The predicted octanol–water partition coefficient (Wildman–Crippen LogP) is 3.39. The first kappa shape index (κ1) is 15.8. The molecular weight excluding hydrogens is 340 g/mol. The van der Waals surface area contributed by atoms with E-state index in [1.54, 1.807) is 19.1 Å². The van der Waals surface area contributed by atoms with E-state index in [4.69, 9.17) is 11.6 Å². The number of hydrogen-bond donors (Lipinski definition) is 0. The van der Waals surface area contributed by atoms with Gasteiger partial charge in [0.05, 0.1) is 15.6 Å². The van der Waals surface area contributed by atoms with Gasteiger partial charge in [-0.2, -0.15) is 0 Å². The smallest absolute Gasteiger partial charge is 0.263 e. The second kappa shape index (κ2) is 5.50. The highest BCUT2D eigenvalue weighted by Crippen LogP contribution is 2.38. The zero-order chi connectivity index (χ0) is 16.8. The maximum absolute atomic E-state index is 13.0. The summed E-state index contributed by atoms with van der Waals surface area (Å²) in [6.45, 7) is 1.79. The molecule has 0 amide bonds. The molecule has 1 aliphatic rings. The fourth-order valence-corrected chi connectivity index (χ4v) is 5.00. The Bertz CT molecular complexity index is 898. The van der Waals surface area contributed by atoms with Crippen LogP contribution >= 0.6 is 11.6 Å². The van der Waals surface area contributed by atoms with Gasteiger partial charge in [0, 0.05) is 18.2 Å². The molecule has 0 spiro atoms. The van der Waals surface area contributed by atoms with Crippen molar-refractivity contribution in [1.29, 1.82) is 0 Å². The number of non-ortho nitro benzene ring substituents is 1. The summed E-state index contributed by atoms with van der Waals surface area (Å²) < 4.78 is 27.3. The van der Waals surface area contributed by atoms with Gasteiger partial charge in [0.15, 0.2) is 0 Å². The number of nitro groups is 1. The molecule has 2 aromatic carbocycles. The summed E-state index contributed by atoms with van der Waals surface area (Å²) in [4.78, 5) is 10.0. The summed E-state index contributed by atoms with van der Waals surface area (Å²) in [7, 11) is -3.99. The molecule has 1 atom stereocenters. The highest BCUT2D eigenvalue weighted by molar-refractivity contribution is 7.93. The van der Waals surface area contributed by atoms with Crippen LogP contribution in [0.4, 0.5) is 11.4 Å². The average Bonchev–Trinajstić information content (AvgIpc) is 2.83. The minimum atomic E-state index is -3.99. The first-order chi connectivity index (χ1) is 10.8. The summed E-state index contributed by atoms with van der Waals surface area (Å²) in [6, 6.07) is 10.3. The van der Waals surface area contributed by atoms with Crippen LogP contribution in [0, 0.1) is 10.1 Å². The van der Waals surface area contributed by atoms with E-state index in [9.17, 15) is 18.5 Å². The van der Waals surface area contributed by atoms with E-state index in [0.29, 0.717) is 12.1 Å². The first-order valence-corrected chi connectivity index (χ1v) is 8.70. The molecule has 0 unspecified atom stereocenters. The third-order valence-electron chi connectivity index (χ3n) is 3.81. The van der Waals surface area contributed by atoms with Crippen molar-refractivity contribution in [2.24, 2.45) is 0 Å². The van der Waals surface area contributed by atoms with E-state index in [1.807, 2.05) is 12.1 Å². The van der Waals surface area contributed by atoms with Crippen LogP contribution in [0.5, 0.6) is 0 Å². The van der Waals surface area contributed by atoms with Gasteiger partial charge in [-0.25, -0.2) is 8.42 Å². The molecule has 2 aromatic rings. The molecule has 0 saturated carbocycles. The number of benzene rings is 2. The fraction of sp³-hybridized carbons (Fsp3) is 0.200. The number of rotatable bonds is 3. The molecule has 0 radical (unpaired) electrons. The minimum Gasteiger partial charge on any atom is -0.263 e. The number of hydrogen-bond acceptors (Lipinski definition) is 4. The molecule has 0 aromatic heterocycles. The third-order valence-corrected chi connectivity index (χ3v) is 6.22. The van der Waals surface area contributed by atoms with Crippen molar-refractivity contribution in [1.82, 2.24) is 0 Å². The van der Waals surface area contributed by atoms with Gasteiger partial charge in [0.2, 0.25) is 0 Å². The maximum Gasteiger partial charge on any atom is 0.270 e. The first-order valence-electron chi connectivity index (χ1n) is 6.88.